The predicted molar refractivity (Wildman–Crippen MR) is 113 cm³/mol. The number of aryl methyl sites for hydroxylation is 1. The van der Waals surface area contributed by atoms with E-state index in [1.807, 2.05) is 30.3 Å². The summed E-state index contributed by atoms with van der Waals surface area (Å²) in [5.74, 6) is -0.180. The minimum absolute atomic E-state index is 0.0135. The Morgan fingerprint density at radius 2 is 1.87 bits per heavy atom. The highest BCUT2D eigenvalue weighted by Crippen LogP contribution is 2.16. The molecule has 2 heterocycles. The van der Waals surface area contributed by atoms with Gasteiger partial charge in [0.25, 0.3) is 5.91 Å². The summed E-state index contributed by atoms with van der Waals surface area (Å²) >= 11 is 0. The average molecular weight is 409 g/mol. The number of piperidine rings is 1. The number of benzene rings is 1. The lowest BCUT2D eigenvalue weighted by Gasteiger charge is -2.32. The van der Waals surface area contributed by atoms with Crippen LogP contribution in [0.2, 0.25) is 0 Å². The fourth-order valence-electron chi connectivity index (χ4n) is 3.33. The van der Waals surface area contributed by atoms with Gasteiger partial charge in [0, 0.05) is 39.0 Å². The van der Waals surface area contributed by atoms with E-state index in [-0.39, 0.29) is 24.3 Å². The molecule has 158 valence electrons. The van der Waals surface area contributed by atoms with Crippen LogP contribution in [0.3, 0.4) is 0 Å². The molecule has 0 bridgehead atoms. The van der Waals surface area contributed by atoms with Crippen molar-refractivity contribution in [1.29, 1.82) is 0 Å². The largest absolute Gasteiger partial charge is 0.352 e. The first-order chi connectivity index (χ1) is 14.5. The number of aromatic nitrogens is 2. The topological polar surface area (TPSA) is 96.3 Å². The standard InChI is InChI=1S/C22H27N5O3/c1-26-16-19(14-25-26)22(30)24-13-18-9-11-27(12-10-18)21(29)15-23-20(28)8-7-17-5-3-2-4-6-17/h2-8,14,16,18H,9-13,15H2,1H3,(H,23,28)(H,24,30)/b8-7+. The van der Waals surface area contributed by atoms with E-state index < -0.39 is 0 Å². The van der Waals surface area contributed by atoms with Gasteiger partial charge in [0.05, 0.1) is 18.3 Å². The molecule has 8 nitrogen and oxygen atoms in total. The Morgan fingerprint density at radius 1 is 1.13 bits per heavy atom. The van der Waals surface area contributed by atoms with Crippen molar-refractivity contribution in [3.63, 3.8) is 0 Å². The molecular formula is C22H27N5O3. The Bertz CT molecular complexity index is 899. The van der Waals surface area contributed by atoms with Crippen LogP contribution in [0, 0.1) is 5.92 Å². The highest BCUT2D eigenvalue weighted by Gasteiger charge is 2.23. The van der Waals surface area contributed by atoms with Gasteiger partial charge in [-0.15, -0.1) is 0 Å². The summed E-state index contributed by atoms with van der Waals surface area (Å²) in [5, 5.41) is 9.57. The molecule has 0 unspecified atom stereocenters. The molecule has 1 fully saturated rings. The Hall–Kier alpha value is -3.42. The van der Waals surface area contributed by atoms with Crippen LogP contribution in [-0.2, 0) is 16.6 Å². The van der Waals surface area contributed by atoms with Crippen LogP contribution in [0.4, 0.5) is 0 Å². The number of rotatable bonds is 7. The van der Waals surface area contributed by atoms with Gasteiger partial charge < -0.3 is 15.5 Å². The minimum Gasteiger partial charge on any atom is -0.352 e. The molecule has 1 saturated heterocycles. The first-order valence-corrected chi connectivity index (χ1v) is 10.1. The van der Waals surface area contributed by atoms with Crippen LogP contribution in [0.25, 0.3) is 6.08 Å². The van der Waals surface area contributed by atoms with E-state index in [0.717, 1.165) is 18.4 Å². The molecule has 0 aliphatic carbocycles. The number of amides is 3. The Balaban J connectivity index is 1.34. The molecule has 1 aliphatic rings. The second kappa shape index (κ2) is 10.4. The quantitative estimate of drug-likeness (QED) is 0.672. The Labute approximate surface area is 175 Å². The summed E-state index contributed by atoms with van der Waals surface area (Å²) in [6.07, 6.45) is 8.01. The Morgan fingerprint density at radius 3 is 2.53 bits per heavy atom. The van der Waals surface area contributed by atoms with Gasteiger partial charge in [-0.05, 0) is 30.4 Å². The monoisotopic (exact) mass is 409 g/mol. The maximum atomic E-state index is 12.3. The van der Waals surface area contributed by atoms with Crippen LogP contribution in [-0.4, -0.2) is 58.6 Å². The molecule has 3 amide bonds. The van der Waals surface area contributed by atoms with Gasteiger partial charge in [0.15, 0.2) is 0 Å². The number of hydrogen-bond acceptors (Lipinski definition) is 4. The number of carbonyl (C=O) groups is 3. The lowest BCUT2D eigenvalue weighted by atomic mass is 9.96. The molecule has 3 rings (SSSR count). The van der Waals surface area contributed by atoms with Crippen molar-refractivity contribution in [3.8, 4) is 0 Å². The predicted octanol–water partition coefficient (Wildman–Crippen LogP) is 1.22. The third-order valence-corrected chi connectivity index (χ3v) is 5.13. The molecule has 0 atom stereocenters. The van der Waals surface area contributed by atoms with Crippen LogP contribution in [0.1, 0.15) is 28.8 Å². The maximum absolute atomic E-state index is 12.3. The van der Waals surface area contributed by atoms with Gasteiger partial charge in [-0.2, -0.15) is 5.10 Å². The number of nitrogens with one attached hydrogen (secondary N) is 2. The van der Waals surface area contributed by atoms with Gasteiger partial charge in [0.2, 0.25) is 11.8 Å². The molecule has 2 aromatic rings. The maximum Gasteiger partial charge on any atom is 0.254 e. The molecule has 8 heteroatoms. The van der Waals surface area contributed by atoms with E-state index in [1.54, 1.807) is 35.1 Å². The van der Waals surface area contributed by atoms with Crippen molar-refractivity contribution in [3.05, 3.63) is 59.9 Å². The second-order valence-corrected chi connectivity index (χ2v) is 7.40. The summed E-state index contributed by atoms with van der Waals surface area (Å²) in [6, 6.07) is 9.51. The van der Waals surface area contributed by atoms with E-state index in [2.05, 4.69) is 15.7 Å². The van der Waals surface area contributed by atoms with Gasteiger partial charge >= 0.3 is 0 Å². The minimum atomic E-state index is -0.291. The lowest BCUT2D eigenvalue weighted by Crippen LogP contribution is -2.45. The SMILES string of the molecule is Cn1cc(C(=O)NCC2CCN(C(=O)CNC(=O)/C=C/c3ccccc3)CC2)cn1. The van der Waals surface area contributed by atoms with E-state index >= 15 is 0 Å². The molecule has 0 saturated carbocycles. The first kappa shape index (κ1) is 21.3. The van der Waals surface area contributed by atoms with Crippen LogP contribution in [0.15, 0.2) is 48.8 Å². The van der Waals surface area contributed by atoms with Crippen LogP contribution < -0.4 is 10.6 Å². The summed E-state index contributed by atoms with van der Waals surface area (Å²) in [5.41, 5.74) is 1.47. The Kier molecular flexibility index (Phi) is 7.37. The molecule has 1 aromatic heterocycles. The van der Waals surface area contributed by atoms with Crippen molar-refractivity contribution in [2.75, 3.05) is 26.2 Å². The number of hydrogen-bond donors (Lipinski definition) is 2. The van der Waals surface area contributed by atoms with E-state index in [1.165, 1.54) is 6.08 Å². The van der Waals surface area contributed by atoms with E-state index in [9.17, 15) is 14.4 Å². The van der Waals surface area contributed by atoms with Crippen molar-refractivity contribution >= 4 is 23.8 Å². The zero-order valence-corrected chi connectivity index (χ0v) is 17.1. The molecule has 1 aromatic carbocycles. The number of likely N-dealkylation sites (tertiary alicyclic amines) is 1. The highest BCUT2D eigenvalue weighted by molar-refractivity contribution is 5.94. The van der Waals surface area contributed by atoms with Gasteiger partial charge in [-0.25, -0.2) is 0 Å². The zero-order valence-electron chi connectivity index (χ0n) is 17.1. The molecule has 1 aliphatic heterocycles. The summed E-state index contributed by atoms with van der Waals surface area (Å²) < 4.78 is 1.59. The summed E-state index contributed by atoms with van der Waals surface area (Å²) in [7, 11) is 1.77. The van der Waals surface area contributed by atoms with E-state index in [4.69, 9.17) is 0 Å². The zero-order chi connectivity index (χ0) is 21.3. The molecule has 2 N–H and O–H groups in total. The van der Waals surface area contributed by atoms with E-state index in [0.29, 0.717) is 31.1 Å². The lowest BCUT2D eigenvalue weighted by molar-refractivity contribution is -0.133. The number of carbonyl (C=O) groups excluding carboxylic acids is 3. The third kappa shape index (κ3) is 6.30. The van der Waals surface area contributed by atoms with Crippen molar-refractivity contribution in [2.45, 2.75) is 12.8 Å². The second-order valence-electron chi connectivity index (χ2n) is 7.40. The van der Waals surface area contributed by atoms with Gasteiger partial charge in [-0.3, -0.25) is 19.1 Å². The number of nitrogens with zero attached hydrogens (tertiary/aromatic N) is 3. The summed E-state index contributed by atoms with van der Waals surface area (Å²) in [6.45, 7) is 1.82. The normalized spacial score (nSPS) is 14.6. The van der Waals surface area contributed by atoms with Gasteiger partial charge in [0.1, 0.15) is 0 Å². The van der Waals surface area contributed by atoms with Crippen LogP contribution in [0.5, 0.6) is 0 Å². The van der Waals surface area contributed by atoms with Crippen molar-refractivity contribution in [1.82, 2.24) is 25.3 Å². The first-order valence-electron chi connectivity index (χ1n) is 10.1. The van der Waals surface area contributed by atoms with Gasteiger partial charge in [-0.1, -0.05) is 30.3 Å². The fourth-order valence-corrected chi connectivity index (χ4v) is 3.33. The summed E-state index contributed by atoms with van der Waals surface area (Å²) in [4.78, 5) is 38.1. The average Bonchev–Trinajstić information content (AvgIpc) is 3.22. The molecular weight excluding hydrogens is 382 g/mol. The molecule has 0 radical (unpaired) electrons. The third-order valence-electron chi connectivity index (χ3n) is 5.13. The molecule has 30 heavy (non-hydrogen) atoms. The van der Waals surface area contributed by atoms with Crippen LogP contribution >= 0.6 is 0 Å². The smallest absolute Gasteiger partial charge is 0.254 e. The highest BCUT2D eigenvalue weighted by atomic mass is 16.2. The van der Waals surface area contributed by atoms with Crippen molar-refractivity contribution < 1.29 is 14.4 Å². The fraction of sp³-hybridized carbons (Fsp3) is 0.364. The molecule has 0 spiro atoms. The van der Waals surface area contributed by atoms with Crippen molar-refractivity contribution in [2.24, 2.45) is 13.0 Å².